The number of allylic oxidation sites excluding steroid dienone is 3. The molecule has 1 aliphatic rings. The maximum atomic E-state index is 11.3. The molecule has 21 heavy (non-hydrogen) atoms. The summed E-state index contributed by atoms with van der Waals surface area (Å²) in [5, 5.41) is 9.26. The molecular weight excluding hydrogens is 268 g/mol. The van der Waals surface area contributed by atoms with Gasteiger partial charge in [0, 0.05) is 13.3 Å². The van der Waals surface area contributed by atoms with Crippen LogP contribution in [0.5, 0.6) is 0 Å². The van der Waals surface area contributed by atoms with Gasteiger partial charge in [-0.2, -0.15) is 0 Å². The van der Waals surface area contributed by atoms with Crippen LogP contribution in [-0.4, -0.2) is 22.6 Å². The number of hydrogen-bond acceptors (Lipinski definition) is 3. The molecule has 0 heterocycles. The fourth-order valence-electron chi connectivity index (χ4n) is 2.05. The van der Waals surface area contributed by atoms with Gasteiger partial charge in [0.1, 0.15) is 0 Å². The minimum absolute atomic E-state index is 0.118. The fraction of sp³-hybridized carbons (Fsp3) is 0.176. The first-order valence-electron chi connectivity index (χ1n) is 6.57. The minimum Gasteiger partial charge on any atom is -0.478 e. The Morgan fingerprint density at radius 1 is 1.24 bits per heavy atom. The first-order valence-corrected chi connectivity index (χ1v) is 6.57. The minimum atomic E-state index is -1.59. The van der Waals surface area contributed by atoms with Gasteiger partial charge in [0.2, 0.25) is 5.60 Å². The van der Waals surface area contributed by atoms with Crippen molar-refractivity contribution in [1.82, 2.24) is 0 Å². The van der Waals surface area contributed by atoms with Crippen molar-refractivity contribution in [3.8, 4) is 0 Å². The molecule has 4 heteroatoms. The van der Waals surface area contributed by atoms with Gasteiger partial charge < -0.3 is 9.84 Å². The third-order valence-corrected chi connectivity index (χ3v) is 3.14. The Kier molecular flexibility index (Phi) is 4.38. The van der Waals surface area contributed by atoms with Gasteiger partial charge in [0.15, 0.2) is 0 Å². The summed E-state index contributed by atoms with van der Waals surface area (Å²) in [6, 6.07) is 9.78. The largest absolute Gasteiger partial charge is 0.478 e. The number of benzene rings is 1. The lowest BCUT2D eigenvalue weighted by atomic mass is 9.91. The van der Waals surface area contributed by atoms with Gasteiger partial charge in [-0.1, -0.05) is 54.6 Å². The van der Waals surface area contributed by atoms with Gasteiger partial charge in [0.25, 0.3) is 0 Å². The molecule has 0 saturated heterocycles. The highest BCUT2D eigenvalue weighted by Gasteiger charge is 2.39. The van der Waals surface area contributed by atoms with E-state index < -0.39 is 17.5 Å². The Balaban J connectivity index is 2.11. The lowest BCUT2D eigenvalue weighted by Gasteiger charge is -2.26. The lowest BCUT2D eigenvalue weighted by molar-refractivity contribution is -0.171. The molecule has 1 atom stereocenters. The molecule has 2 rings (SSSR count). The number of carboxylic acid groups (broad SMARTS) is 1. The number of rotatable bonds is 4. The second kappa shape index (κ2) is 6.22. The zero-order chi connectivity index (χ0) is 15.3. The van der Waals surface area contributed by atoms with Gasteiger partial charge in [0.05, 0.1) is 0 Å². The lowest BCUT2D eigenvalue weighted by Crippen LogP contribution is -2.41. The van der Waals surface area contributed by atoms with Crippen LogP contribution in [0.4, 0.5) is 0 Å². The zero-order valence-electron chi connectivity index (χ0n) is 11.7. The van der Waals surface area contributed by atoms with Gasteiger partial charge in [-0.3, -0.25) is 4.79 Å². The van der Waals surface area contributed by atoms with E-state index in [0.717, 1.165) is 11.1 Å². The Bertz CT molecular complexity index is 625. The molecule has 0 aliphatic heterocycles. The van der Waals surface area contributed by atoms with Crippen molar-refractivity contribution in [2.45, 2.75) is 18.9 Å². The van der Waals surface area contributed by atoms with Gasteiger partial charge in [-0.05, 0) is 17.2 Å². The molecule has 1 aliphatic carbocycles. The van der Waals surface area contributed by atoms with Crippen LogP contribution < -0.4 is 0 Å². The molecule has 1 N–H and O–H groups in total. The number of carboxylic acids is 1. The quantitative estimate of drug-likeness (QED) is 0.863. The Hall–Kier alpha value is -2.62. The first-order chi connectivity index (χ1) is 10.0. The Labute approximate surface area is 123 Å². The van der Waals surface area contributed by atoms with Crippen LogP contribution in [0.3, 0.4) is 0 Å². The van der Waals surface area contributed by atoms with Crippen molar-refractivity contribution in [1.29, 1.82) is 0 Å². The summed E-state index contributed by atoms with van der Waals surface area (Å²) >= 11 is 0. The summed E-state index contributed by atoms with van der Waals surface area (Å²) in [6.45, 7) is 1.20. The molecule has 1 aromatic carbocycles. The van der Waals surface area contributed by atoms with E-state index in [4.69, 9.17) is 4.74 Å². The molecule has 0 spiro atoms. The monoisotopic (exact) mass is 284 g/mol. The van der Waals surface area contributed by atoms with E-state index in [1.807, 2.05) is 42.5 Å². The number of aliphatic carboxylic acids is 1. The number of carbonyl (C=O) groups is 2. The molecule has 0 fully saturated rings. The summed E-state index contributed by atoms with van der Waals surface area (Å²) in [6.07, 6.45) is 8.77. The van der Waals surface area contributed by atoms with Crippen molar-refractivity contribution >= 4 is 18.0 Å². The third-order valence-electron chi connectivity index (χ3n) is 3.14. The maximum Gasteiger partial charge on any atom is 0.352 e. The van der Waals surface area contributed by atoms with Crippen molar-refractivity contribution in [2.24, 2.45) is 0 Å². The van der Waals surface area contributed by atoms with Crippen molar-refractivity contribution in [3.63, 3.8) is 0 Å². The predicted molar refractivity (Wildman–Crippen MR) is 79.4 cm³/mol. The molecule has 0 aromatic heterocycles. The highest BCUT2D eigenvalue weighted by molar-refractivity contribution is 5.84. The highest BCUT2D eigenvalue weighted by atomic mass is 16.6. The average molecular weight is 284 g/mol. The van der Waals surface area contributed by atoms with Crippen molar-refractivity contribution in [2.75, 3.05) is 0 Å². The van der Waals surface area contributed by atoms with Crippen molar-refractivity contribution in [3.05, 3.63) is 65.8 Å². The highest BCUT2D eigenvalue weighted by Crippen LogP contribution is 2.26. The SMILES string of the molecule is CC(=O)OC1(C(=O)O)C=CC(C=Cc2ccccc2)=CC1. The molecule has 4 nitrogen and oxygen atoms in total. The van der Waals surface area contributed by atoms with E-state index in [-0.39, 0.29) is 6.42 Å². The van der Waals surface area contributed by atoms with E-state index in [1.165, 1.54) is 13.0 Å². The summed E-state index contributed by atoms with van der Waals surface area (Å²) in [5.41, 5.74) is 0.348. The number of hydrogen-bond donors (Lipinski definition) is 1. The van der Waals surface area contributed by atoms with Crippen LogP contribution in [0.1, 0.15) is 18.9 Å². The average Bonchev–Trinajstić information content (AvgIpc) is 2.47. The summed E-state index contributed by atoms with van der Waals surface area (Å²) < 4.78 is 4.96. The normalized spacial score (nSPS) is 21.1. The zero-order valence-corrected chi connectivity index (χ0v) is 11.7. The number of esters is 1. The second-order valence-corrected chi connectivity index (χ2v) is 4.77. The first kappa shape index (κ1) is 14.8. The molecule has 0 bridgehead atoms. The smallest absolute Gasteiger partial charge is 0.352 e. The summed E-state index contributed by atoms with van der Waals surface area (Å²) in [5.74, 6) is -1.78. The van der Waals surface area contributed by atoms with E-state index in [2.05, 4.69) is 0 Å². The predicted octanol–water partition coefficient (Wildman–Crippen LogP) is 2.97. The van der Waals surface area contributed by atoms with Crippen LogP contribution in [0.2, 0.25) is 0 Å². The molecule has 0 amide bonds. The molecule has 108 valence electrons. The van der Waals surface area contributed by atoms with Crippen molar-refractivity contribution < 1.29 is 19.4 Å². The molecule has 1 aromatic rings. The molecule has 0 saturated carbocycles. The maximum absolute atomic E-state index is 11.3. The van der Waals surface area contributed by atoms with Gasteiger partial charge in [-0.25, -0.2) is 4.79 Å². The number of ether oxygens (including phenoxy) is 1. The van der Waals surface area contributed by atoms with Crippen LogP contribution in [0.25, 0.3) is 6.08 Å². The van der Waals surface area contributed by atoms with E-state index in [9.17, 15) is 14.7 Å². The van der Waals surface area contributed by atoms with Crippen LogP contribution in [0, 0.1) is 0 Å². The van der Waals surface area contributed by atoms with Crippen LogP contribution in [-0.2, 0) is 14.3 Å². The van der Waals surface area contributed by atoms with Gasteiger partial charge >= 0.3 is 11.9 Å². The standard InChI is InChI=1S/C17H16O4/c1-13(18)21-17(16(19)20)11-9-15(10-12-17)8-7-14-5-3-2-4-6-14/h2-11H,12H2,1H3,(H,19,20). The second-order valence-electron chi connectivity index (χ2n) is 4.77. The van der Waals surface area contributed by atoms with E-state index in [0.29, 0.717) is 0 Å². The third kappa shape index (κ3) is 3.69. The van der Waals surface area contributed by atoms with E-state index in [1.54, 1.807) is 12.2 Å². The topological polar surface area (TPSA) is 63.6 Å². The number of carbonyl (C=O) groups excluding carboxylic acids is 1. The Morgan fingerprint density at radius 2 is 1.95 bits per heavy atom. The summed E-state index contributed by atoms with van der Waals surface area (Å²) in [4.78, 5) is 22.4. The van der Waals surface area contributed by atoms with Gasteiger partial charge in [-0.15, -0.1) is 0 Å². The molecule has 1 unspecified atom stereocenters. The fourth-order valence-corrected chi connectivity index (χ4v) is 2.05. The Morgan fingerprint density at radius 3 is 2.48 bits per heavy atom. The molecular formula is C17H16O4. The van der Waals surface area contributed by atoms with E-state index >= 15 is 0 Å². The van der Waals surface area contributed by atoms with Crippen LogP contribution in [0.15, 0.2) is 60.2 Å². The molecule has 0 radical (unpaired) electrons. The van der Waals surface area contributed by atoms with Crippen LogP contribution >= 0.6 is 0 Å². The summed E-state index contributed by atoms with van der Waals surface area (Å²) in [7, 11) is 0.